The summed E-state index contributed by atoms with van der Waals surface area (Å²) in [6, 6.07) is 0. The van der Waals surface area contributed by atoms with Crippen molar-refractivity contribution in [3.63, 3.8) is 0 Å². The first-order valence-corrected chi connectivity index (χ1v) is 5.38. The van der Waals surface area contributed by atoms with Crippen LogP contribution in [0.5, 0.6) is 0 Å². The van der Waals surface area contributed by atoms with Crippen molar-refractivity contribution in [3.05, 3.63) is 0 Å². The molecule has 0 heterocycles. The smallest absolute Gasteiger partial charge is 0.137 e. The average molecular weight is 301 g/mol. The van der Waals surface area contributed by atoms with Gasteiger partial charge in [0.15, 0.2) is 0 Å². The summed E-state index contributed by atoms with van der Waals surface area (Å²) >= 11 is 1.88. The van der Waals surface area contributed by atoms with Crippen LogP contribution in [-0.2, 0) is 7.90 Å². The number of rotatable bonds is 5. The molecule has 3 nitrogen and oxygen atoms in total. The molecule has 80 valence electrons. The maximum Gasteiger partial charge on any atom is 0.137 e. The SMILES string of the molecule is CC(C)OCN(CC(C)(C)C)OI. The molecule has 0 spiro atoms. The monoisotopic (exact) mass is 301 g/mol. The Morgan fingerprint density at radius 3 is 2.15 bits per heavy atom. The van der Waals surface area contributed by atoms with Gasteiger partial charge in [-0.15, -0.1) is 0 Å². The van der Waals surface area contributed by atoms with Crippen molar-refractivity contribution in [1.82, 2.24) is 5.06 Å². The van der Waals surface area contributed by atoms with Crippen molar-refractivity contribution < 1.29 is 7.90 Å². The fourth-order valence-electron chi connectivity index (χ4n) is 0.851. The van der Waals surface area contributed by atoms with Crippen LogP contribution in [0.25, 0.3) is 0 Å². The maximum absolute atomic E-state index is 5.44. The quantitative estimate of drug-likeness (QED) is 0.443. The maximum atomic E-state index is 5.44. The number of halogens is 1. The van der Waals surface area contributed by atoms with E-state index in [0.717, 1.165) is 6.54 Å². The van der Waals surface area contributed by atoms with Gasteiger partial charge in [0.05, 0.1) is 6.10 Å². The van der Waals surface area contributed by atoms with Gasteiger partial charge in [-0.25, -0.2) is 3.17 Å². The van der Waals surface area contributed by atoms with Crippen LogP contribution >= 0.6 is 23.0 Å². The minimum atomic E-state index is 0.228. The lowest BCUT2D eigenvalue weighted by atomic mass is 9.97. The molecule has 0 aromatic carbocycles. The zero-order chi connectivity index (χ0) is 10.5. The predicted molar refractivity (Wildman–Crippen MR) is 62.4 cm³/mol. The zero-order valence-electron chi connectivity index (χ0n) is 9.13. The highest BCUT2D eigenvalue weighted by Crippen LogP contribution is 2.16. The number of ether oxygens (including phenoxy) is 1. The van der Waals surface area contributed by atoms with Crippen LogP contribution in [0.4, 0.5) is 0 Å². The Balaban J connectivity index is 3.76. The van der Waals surface area contributed by atoms with Crippen molar-refractivity contribution in [2.45, 2.75) is 40.7 Å². The number of nitrogens with zero attached hydrogens (tertiary/aromatic N) is 1. The Morgan fingerprint density at radius 1 is 1.31 bits per heavy atom. The molecule has 13 heavy (non-hydrogen) atoms. The van der Waals surface area contributed by atoms with Crippen LogP contribution in [0.2, 0.25) is 0 Å². The van der Waals surface area contributed by atoms with E-state index in [1.54, 1.807) is 0 Å². The lowest BCUT2D eigenvalue weighted by Crippen LogP contribution is -2.33. The Kier molecular flexibility index (Phi) is 6.45. The Bertz CT molecular complexity index is 134. The van der Waals surface area contributed by atoms with Gasteiger partial charge >= 0.3 is 0 Å². The summed E-state index contributed by atoms with van der Waals surface area (Å²) in [5.74, 6) is 0. The molecule has 0 N–H and O–H groups in total. The molecule has 0 amide bonds. The summed E-state index contributed by atoms with van der Waals surface area (Å²) < 4.78 is 10.6. The minimum Gasteiger partial charge on any atom is -0.361 e. The highest BCUT2D eigenvalue weighted by atomic mass is 127. The largest absolute Gasteiger partial charge is 0.361 e. The highest BCUT2D eigenvalue weighted by molar-refractivity contribution is 14.1. The molecule has 0 fully saturated rings. The molecular formula is C9H20INO2. The van der Waals surface area contributed by atoms with Crippen LogP contribution in [0, 0.1) is 5.41 Å². The van der Waals surface area contributed by atoms with Crippen LogP contribution in [0.15, 0.2) is 0 Å². The fraction of sp³-hybridized carbons (Fsp3) is 1.00. The Hall–Kier alpha value is 0.610. The van der Waals surface area contributed by atoms with Gasteiger partial charge in [-0.1, -0.05) is 20.8 Å². The zero-order valence-corrected chi connectivity index (χ0v) is 11.3. The van der Waals surface area contributed by atoms with Gasteiger partial charge in [-0.3, -0.25) is 0 Å². The van der Waals surface area contributed by atoms with Gasteiger partial charge in [-0.2, -0.15) is 5.06 Å². The molecule has 0 radical (unpaired) electrons. The summed E-state index contributed by atoms with van der Waals surface area (Å²) in [4.78, 5) is 0. The third kappa shape index (κ3) is 8.93. The van der Waals surface area contributed by atoms with E-state index in [1.165, 1.54) is 0 Å². The molecule has 0 rings (SSSR count). The first-order valence-electron chi connectivity index (χ1n) is 4.50. The summed E-state index contributed by atoms with van der Waals surface area (Å²) in [5.41, 5.74) is 0.228. The second kappa shape index (κ2) is 6.16. The molecule has 0 bridgehead atoms. The van der Waals surface area contributed by atoms with Gasteiger partial charge in [0.1, 0.15) is 29.7 Å². The number of hydrogen-bond acceptors (Lipinski definition) is 3. The van der Waals surface area contributed by atoms with E-state index >= 15 is 0 Å². The van der Waals surface area contributed by atoms with E-state index in [0.29, 0.717) is 6.73 Å². The van der Waals surface area contributed by atoms with Crippen molar-refractivity contribution in [2.24, 2.45) is 5.41 Å². The van der Waals surface area contributed by atoms with Crippen LogP contribution in [-0.4, -0.2) is 24.4 Å². The van der Waals surface area contributed by atoms with Crippen LogP contribution < -0.4 is 0 Å². The molecule has 0 saturated carbocycles. The predicted octanol–water partition coefficient (Wildman–Crippen LogP) is 3.00. The van der Waals surface area contributed by atoms with Crippen molar-refractivity contribution in [2.75, 3.05) is 13.3 Å². The molecule has 4 heteroatoms. The molecule has 0 atom stereocenters. The van der Waals surface area contributed by atoms with Gasteiger partial charge in [0.25, 0.3) is 0 Å². The lowest BCUT2D eigenvalue weighted by Gasteiger charge is -2.27. The molecular weight excluding hydrogens is 281 g/mol. The average Bonchev–Trinajstić information content (AvgIpc) is 1.95. The first kappa shape index (κ1) is 13.6. The number of hydrogen-bond donors (Lipinski definition) is 0. The van der Waals surface area contributed by atoms with Crippen LogP contribution in [0.1, 0.15) is 34.6 Å². The molecule has 0 aliphatic rings. The summed E-state index contributed by atoms with van der Waals surface area (Å²) in [6.45, 7) is 11.9. The minimum absolute atomic E-state index is 0.228. The van der Waals surface area contributed by atoms with Crippen molar-refractivity contribution in [1.29, 1.82) is 0 Å². The lowest BCUT2D eigenvalue weighted by molar-refractivity contribution is -0.134. The topological polar surface area (TPSA) is 21.7 Å². The fourth-order valence-corrected chi connectivity index (χ4v) is 1.10. The summed E-state index contributed by atoms with van der Waals surface area (Å²) in [6.07, 6.45) is 0.244. The summed E-state index contributed by atoms with van der Waals surface area (Å²) in [7, 11) is 0. The third-order valence-electron chi connectivity index (χ3n) is 1.30. The Morgan fingerprint density at radius 2 is 1.85 bits per heavy atom. The van der Waals surface area contributed by atoms with Crippen molar-refractivity contribution in [3.8, 4) is 0 Å². The van der Waals surface area contributed by atoms with E-state index in [-0.39, 0.29) is 11.5 Å². The van der Waals surface area contributed by atoms with Gasteiger partial charge in [0.2, 0.25) is 0 Å². The second-order valence-electron chi connectivity index (χ2n) is 4.61. The second-order valence-corrected chi connectivity index (χ2v) is 5.01. The molecule has 0 aromatic rings. The normalized spacial score (nSPS) is 12.9. The van der Waals surface area contributed by atoms with Gasteiger partial charge < -0.3 is 4.74 Å². The molecule has 0 aromatic heterocycles. The molecule has 0 aliphatic heterocycles. The molecule has 0 saturated heterocycles. The van der Waals surface area contributed by atoms with Crippen molar-refractivity contribution >= 4 is 23.0 Å². The standard InChI is InChI=1S/C9H20INO2/c1-8(2)12-7-11(13-10)6-9(3,4)5/h8H,6-7H2,1-5H3. The van der Waals surface area contributed by atoms with Gasteiger partial charge in [0, 0.05) is 6.54 Å². The third-order valence-corrected chi connectivity index (χ3v) is 1.86. The van der Waals surface area contributed by atoms with E-state index in [2.05, 4.69) is 20.8 Å². The number of hydroxylamine groups is 2. The van der Waals surface area contributed by atoms with Gasteiger partial charge in [-0.05, 0) is 19.3 Å². The van der Waals surface area contributed by atoms with E-state index < -0.39 is 0 Å². The molecule has 0 unspecified atom stereocenters. The van der Waals surface area contributed by atoms with E-state index in [4.69, 9.17) is 7.90 Å². The van der Waals surface area contributed by atoms with Crippen LogP contribution in [0.3, 0.4) is 0 Å². The first-order chi connectivity index (χ1) is 5.85. The van der Waals surface area contributed by atoms with E-state index in [1.807, 2.05) is 41.9 Å². The highest BCUT2D eigenvalue weighted by Gasteiger charge is 2.17. The molecule has 0 aliphatic carbocycles. The van der Waals surface area contributed by atoms with E-state index in [9.17, 15) is 0 Å². The Labute approximate surface area is 95.4 Å². The summed E-state index contributed by atoms with van der Waals surface area (Å²) in [5, 5.41) is 1.82.